The lowest BCUT2D eigenvalue weighted by atomic mass is 9.78. The molecule has 4 nitrogen and oxygen atoms in total. The van der Waals surface area contributed by atoms with Crippen LogP contribution in [0.15, 0.2) is 16.6 Å². The highest BCUT2D eigenvalue weighted by atomic mass is 79.9. The van der Waals surface area contributed by atoms with Gasteiger partial charge in [-0.1, -0.05) is 28.8 Å². The van der Waals surface area contributed by atoms with Gasteiger partial charge in [0.25, 0.3) is 0 Å². The molecule has 0 spiro atoms. The molecule has 2 N–H and O–H groups in total. The van der Waals surface area contributed by atoms with Crippen molar-refractivity contribution >= 4 is 33.5 Å². The summed E-state index contributed by atoms with van der Waals surface area (Å²) in [4.78, 5) is 23.8. The van der Waals surface area contributed by atoms with E-state index in [-0.39, 0.29) is 5.91 Å². The first-order valence-corrected chi connectivity index (χ1v) is 8.00. The minimum absolute atomic E-state index is 0.171. The summed E-state index contributed by atoms with van der Waals surface area (Å²) in [5.41, 5.74) is 2.73. The van der Waals surface area contributed by atoms with Crippen molar-refractivity contribution in [1.82, 2.24) is 0 Å². The van der Waals surface area contributed by atoms with E-state index in [4.69, 9.17) is 0 Å². The third-order valence-corrected chi connectivity index (χ3v) is 4.62. The molecule has 1 aliphatic carbocycles. The summed E-state index contributed by atoms with van der Waals surface area (Å²) < 4.78 is 0.969. The van der Waals surface area contributed by atoms with Gasteiger partial charge >= 0.3 is 5.97 Å². The first-order valence-electron chi connectivity index (χ1n) is 7.20. The Morgan fingerprint density at radius 3 is 2.19 bits per heavy atom. The summed E-state index contributed by atoms with van der Waals surface area (Å²) in [5.74, 6) is -2.02. The second-order valence-corrected chi connectivity index (χ2v) is 6.66. The lowest BCUT2D eigenvalue weighted by Gasteiger charge is -2.28. The number of benzene rings is 1. The average molecular weight is 354 g/mol. The van der Waals surface area contributed by atoms with E-state index in [1.165, 1.54) is 0 Å². The molecular formula is C16H20BrNO3. The zero-order valence-corrected chi connectivity index (χ0v) is 13.9. The quantitative estimate of drug-likeness (QED) is 0.865. The van der Waals surface area contributed by atoms with Crippen LogP contribution in [0.5, 0.6) is 0 Å². The molecule has 1 aromatic rings. The average Bonchev–Trinajstić information content (AvgIpc) is 2.42. The van der Waals surface area contributed by atoms with E-state index >= 15 is 0 Å². The smallest absolute Gasteiger partial charge is 0.307 e. The molecule has 5 heteroatoms. The molecule has 0 heterocycles. The Morgan fingerprint density at radius 2 is 1.67 bits per heavy atom. The molecule has 1 fully saturated rings. The van der Waals surface area contributed by atoms with Crippen molar-refractivity contribution in [2.75, 3.05) is 5.32 Å². The van der Waals surface area contributed by atoms with Gasteiger partial charge in [0.05, 0.1) is 11.8 Å². The lowest BCUT2D eigenvalue weighted by molar-refractivity contribution is -0.147. The van der Waals surface area contributed by atoms with Crippen LogP contribution in [-0.4, -0.2) is 17.0 Å². The highest BCUT2D eigenvalue weighted by Crippen LogP contribution is 2.32. The van der Waals surface area contributed by atoms with Gasteiger partial charge in [0.2, 0.25) is 5.91 Å². The number of carboxylic acid groups (broad SMARTS) is 1. The fourth-order valence-electron chi connectivity index (χ4n) is 3.06. The second-order valence-electron chi connectivity index (χ2n) is 5.74. The minimum Gasteiger partial charge on any atom is -0.481 e. The van der Waals surface area contributed by atoms with Crippen molar-refractivity contribution in [3.63, 3.8) is 0 Å². The molecule has 0 aromatic heterocycles. The lowest BCUT2D eigenvalue weighted by Crippen LogP contribution is -2.36. The number of hydrogen-bond acceptors (Lipinski definition) is 2. The molecule has 1 amide bonds. The van der Waals surface area contributed by atoms with Gasteiger partial charge < -0.3 is 10.4 Å². The van der Waals surface area contributed by atoms with E-state index in [9.17, 15) is 14.7 Å². The van der Waals surface area contributed by atoms with Crippen molar-refractivity contribution in [1.29, 1.82) is 0 Å². The SMILES string of the molecule is Cc1cc(Br)cc(C)c1NC(=O)C1CCCCC1C(=O)O. The topological polar surface area (TPSA) is 66.4 Å². The molecule has 2 rings (SSSR count). The molecule has 2 unspecified atom stereocenters. The maximum absolute atomic E-state index is 12.5. The maximum Gasteiger partial charge on any atom is 0.307 e. The van der Waals surface area contributed by atoms with Crippen LogP contribution >= 0.6 is 15.9 Å². The number of aryl methyl sites for hydroxylation is 2. The number of amides is 1. The van der Waals surface area contributed by atoms with Crippen LogP contribution in [0.4, 0.5) is 5.69 Å². The molecule has 1 aliphatic rings. The Labute approximate surface area is 133 Å². The third-order valence-electron chi connectivity index (χ3n) is 4.17. The van der Waals surface area contributed by atoms with Crippen LogP contribution in [0, 0.1) is 25.7 Å². The van der Waals surface area contributed by atoms with Crippen molar-refractivity contribution in [2.45, 2.75) is 39.5 Å². The number of hydrogen-bond donors (Lipinski definition) is 2. The van der Waals surface area contributed by atoms with Crippen molar-refractivity contribution < 1.29 is 14.7 Å². The number of anilines is 1. The first-order chi connectivity index (χ1) is 9.90. The third kappa shape index (κ3) is 3.64. The van der Waals surface area contributed by atoms with Gasteiger partial charge in [0.15, 0.2) is 0 Å². The zero-order valence-electron chi connectivity index (χ0n) is 12.3. The van der Waals surface area contributed by atoms with Crippen LogP contribution in [0.2, 0.25) is 0 Å². The molecule has 0 saturated heterocycles. The van der Waals surface area contributed by atoms with Crippen LogP contribution in [0.3, 0.4) is 0 Å². The molecule has 0 aliphatic heterocycles. The molecular weight excluding hydrogens is 334 g/mol. The molecule has 1 saturated carbocycles. The molecule has 0 bridgehead atoms. The Hall–Kier alpha value is -1.36. The van der Waals surface area contributed by atoms with Crippen molar-refractivity contribution in [3.8, 4) is 0 Å². The van der Waals surface area contributed by atoms with Crippen LogP contribution in [0.1, 0.15) is 36.8 Å². The van der Waals surface area contributed by atoms with Gasteiger partial charge in [-0.05, 0) is 49.9 Å². The van der Waals surface area contributed by atoms with E-state index in [1.54, 1.807) is 0 Å². The van der Waals surface area contributed by atoms with Gasteiger partial charge in [-0.15, -0.1) is 0 Å². The fraction of sp³-hybridized carbons (Fsp3) is 0.500. The van der Waals surface area contributed by atoms with Gasteiger partial charge in [-0.3, -0.25) is 9.59 Å². The predicted molar refractivity (Wildman–Crippen MR) is 85.3 cm³/mol. The first kappa shape index (κ1) is 16.0. The standard InChI is InChI=1S/C16H20BrNO3/c1-9-7-11(17)8-10(2)14(9)18-15(19)12-5-3-4-6-13(12)16(20)21/h7-8,12-13H,3-6H2,1-2H3,(H,18,19)(H,20,21). The van der Waals surface area contributed by atoms with Crippen LogP contribution < -0.4 is 5.32 Å². The molecule has 21 heavy (non-hydrogen) atoms. The number of carbonyl (C=O) groups excluding carboxylic acids is 1. The summed E-state index contributed by atoms with van der Waals surface area (Å²) in [6.45, 7) is 3.87. The van der Waals surface area contributed by atoms with E-state index in [1.807, 2.05) is 26.0 Å². The van der Waals surface area contributed by atoms with Gasteiger partial charge in [0.1, 0.15) is 0 Å². The summed E-state index contributed by atoms with van der Waals surface area (Å²) >= 11 is 3.43. The monoisotopic (exact) mass is 353 g/mol. The zero-order chi connectivity index (χ0) is 15.6. The summed E-state index contributed by atoms with van der Waals surface area (Å²) in [6.07, 6.45) is 3.04. The second kappa shape index (κ2) is 6.60. The summed E-state index contributed by atoms with van der Waals surface area (Å²) in [6, 6.07) is 3.89. The molecule has 1 aromatic carbocycles. The highest BCUT2D eigenvalue weighted by Gasteiger charge is 2.35. The predicted octanol–water partition coefficient (Wildman–Crippen LogP) is 3.90. The summed E-state index contributed by atoms with van der Waals surface area (Å²) in [5, 5.41) is 12.2. The van der Waals surface area contributed by atoms with Crippen LogP contribution in [-0.2, 0) is 9.59 Å². The maximum atomic E-state index is 12.5. The number of aliphatic carboxylic acids is 1. The van der Waals surface area contributed by atoms with E-state index in [0.717, 1.165) is 34.1 Å². The Balaban J connectivity index is 2.19. The Morgan fingerprint density at radius 1 is 1.14 bits per heavy atom. The molecule has 0 radical (unpaired) electrons. The van der Waals surface area contributed by atoms with Gasteiger partial charge in [-0.25, -0.2) is 0 Å². The number of rotatable bonds is 3. The Kier molecular flexibility index (Phi) is 5.04. The number of carbonyl (C=O) groups is 2. The van der Waals surface area contributed by atoms with E-state index < -0.39 is 17.8 Å². The van der Waals surface area contributed by atoms with Crippen LogP contribution in [0.25, 0.3) is 0 Å². The normalized spacial score (nSPS) is 21.9. The number of halogens is 1. The largest absolute Gasteiger partial charge is 0.481 e. The van der Waals surface area contributed by atoms with E-state index in [0.29, 0.717) is 12.8 Å². The summed E-state index contributed by atoms with van der Waals surface area (Å²) in [7, 11) is 0. The molecule has 114 valence electrons. The van der Waals surface area contributed by atoms with Crippen molar-refractivity contribution in [3.05, 3.63) is 27.7 Å². The van der Waals surface area contributed by atoms with E-state index in [2.05, 4.69) is 21.2 Å². The molecule has 2 atom stereocenters. The Bertz CT molecular complexity index is 548. The fourth-order valence-corrected chi connectivity index (χ4v) is 3.75. The minimum atomic E-state index is -0.862. The highest BCUT2D eigenvalue weighted by molar-refractivity contribution is 9.10. The van der Waals surface area contributed by atoms with Crippen molar-refractivity contribution in [2.24, 2.45) is 11.8 Å². The number of carboxylic acids is 1. The van der Waals surface area contributed by atoms with Gasteiger partial charge in [0, 0.05) is 10.2 Å². The van der Waals surface area contributed by atoms with Gasteiger partial charge in [-0.2, -0.15) is 0 Å². The number of nitrogens with one attached hydrogen (secondary N) is 1.